The highest BCUT2D eigenvalue weighted by Gasteiger charge is 2.18. The Morgan fingerprint density at radius 3 is 2.64 bits per heavy atom. The lowest BCUT2D eigenvalue weighted by Gasteiger charge is -2.12. The number of carbonyl (C=O) groups excluding carboxylic acids is 1. The molecule has 0 spiro atoms. The summed E-state index contributed by atoms with van der Waals surface area (Å²) < 4.78 is 2.00. The average molecular weight is 458 g/mol. The molecule has 2 aromatic heterocycles. The van der Waals surface area contributed by atoms with Crippen molar-refractivity contribution in [2.24, 2.45) is 0 Å². The van der Waals surface area contributed by atoms with E-state index in [1.807, 2.05) is 48.8 Å². The van der Waals surface area contributed by atoms with Gasteiger partial charge in [-0.05, 0) is 32.9 Å². The van der Waals surface area contributed by atoms with Gasteiger partial charge in [0.15, 0.2) is 11.0 Å². The van der Waals surface area contributed by atoms with Crippen molar-refractivity contribution in [3.05, 3.63) is 72.8 Å². The topological polar surface area (TPSA) is 72.7 Å². The van der Waals surface area contributed by atoms with E-state index < -0.39 is 0 Å². The van der Waals surface area contributed by atoms with Crippen LogP contribution in [-0.4, -0.2) is 37.5 Å². The number of rotatable bonds is 8. The predicted octanol–water partition coefficient (Wildman–Crippen LogP) is 5.27. The Morgan fingerprint density at radius 2 is 1.91 bits per heavy atom. The van der Waals surface area contributed by atoms with Crippen LogP contribution >= 0.6 is 11.8 Å². The third kappa shape index (κ3) is 5.14. The minimum Gasteiger partial charge on any atom is -0.353 e. The van der Waals surface area contributed by atoms with Crippen LogP contribution in [0.1, 0.15) is 19.4 Å². The molecule has 2 aromatic carbocycles. The van der Waals surface area contributed by atoms with Crippen molar-refractivity contribution in [3.63, 3.8) is 0 Å². The molecule has 4 aromatic rings. The molecule has 4 rings (SSSR count). The van der Waals surface area contributed by atoms with Crippen molar-refractivity contribution >= 4 is 28.6 Å². The second kappa shape index (κ2) is 10.0. The van der Waals surface area contributed by atoms with E-state index >= 15 is 0 Å². The number of allylic oxidation sites excluding steroid dienone is 1. The number of fused-ring (bicyclic) bond motifs is 1. The summed E-state index contributed by atoms with van der Waals surface area (Å²) in [5.41, 5.74) is 4.96. The monoisotopic (exact) mass is 457 g/mol. The van der Waals surface area contributed by atoms with Gasteiger partial charge >= 0.3 is 0 Å². The number of nitrogens with zero attached hydrogens (tertiary/aromatic N) is 4. The first-order valence-corrected chi connectivity index (χ1v) is 11.9. The first kappa shape index (κ1) is 22.7. The molecule has 0 aliphatic heterocycles. The molecule has 0 fully saturated rings. The van der Waals surface area contributed by atoms with Crippen molar-refractivity contribution in [2.45, 2.75) is 38.5 Å². The maximum atomic E-state index is 12.2. The average Bonchev–Trinajstić information content (AvgIpc) is 3.19. The normalized spacial score (nSPS) is 11.2. The summed E-state index contributed by atoms with van der Waals surface area (Å²) in [7, 11) is 0. The Labute approximate surface area is 198 Å². The number of pyridine rings is 1. The minimum atomic E-state index is -0.0271. The van der Waals surface area contributed by atoms with Crippen LogP contribution in [0.2, 0.25) is 0 Å². The van der Waals surface area contributed by atoms with Gasteiger partial charge in [0, 0.05) is 29.1 Å². The van der Waals surface area contributed by atoms with Gasteiger partial charge in [-0.3, -0.25) is 9.36 Å². The molecule has 0 aliphatic rings. The van der Waals surface area contributed by atoms with E-state index in [-0.39, 0.29) is 17.7 Å². The molecule has 0 saturated heterocycles. The number of nitrogens with one attached hydrogen (secondary N) is 1. The number of thioether (sulfide) groups is 1. The van der Waals surface area contributed by atoms with Crippen LogP contribution in [-0.2, 0) is 11.3 Å². The van der Waals surface area contributed by atoms with Crippen LogP contribution in [0.5, 0.6) is 0 Å². The fourth-order valence-electron chi connectivity index (χ4n) is 3.61. The summed E-state index contributed by atoms with van der Waals surface area (Å²) in [6.45, 7) is 10.4. The van der Waals surface area contributed by atoms with E-state index in [1.165, 1.54) is 17.3 Å². The van der Waals surface area contributed by atoms with Gasteiger partial charge in [-0.15, -0.1) is 16.8 Å². The van der Waals surface area contributed by atoms with Crippen molar-refractivity contribution in [1.29, 1.82) is 0 Å². The molecule has 0 aliphatic carbocycles. The molecular formula is C26H27N5OS. The summed E-state index contributed by atoms with van der Waals surface area (Å²) >= 11 is 1.37. The first-order valence-electron chi connectivity index (χ1n) is 10.9. The Kier molecular flexibility index (Phi) is 6.89. The first-order chi connectivity index (χ1) is 16.0. The van der Waals surface area contributed by atoms with Gasteiger partial charge in [0.2, 0.25) is 5.91 Å². The molecule has 0 bridgehead atoms. The van der Waals surface area contributed by atoms with E-state index in [0.717, 1.165) is 33.5 Å². The Morgan fingerprint density at radius 1 is 1.15 bits per heavy atom. The van der Waals surface area contributed by atoms with Gasteiger partial charge in [-0.25, -0.2) is 4.98 Å². The van der Waals surface area contributed by atoms with Crippen LogP contribution in [0.25, 0.3) is 33.5 Å². The highest BCUT2D eigenvalue weighted by molar-refractivity contribution is 7.99. The van der Waals surface area contributed by atoms with E-state index in [9.17, 15) is 4.79 Å². The second-order valence-corrected chi connectivity index (χ2v) is 9.10. The highest BCUT2D eigenvalue weighted by Crippen LogP contribution is 2.33. The van der Waals surface area contributed by atoms with Gasteiger partial charge in [0.05, 0.1) is 17.0 Å². The van der Waals surface area contributed by atoms with Gasteiger partial charge in [-0.1, -0.05) is 65.9 Å². The zero-order chi connectivity index (χ0) is 23.4. The Balaban J connectivity index is 1.79. The lowest BCUT2D eigenvalue weighted by molar-refractivity contribution is -0.119. The van der Waals surface area contributed by atoms with Crippen LogP contribution in [0.4, 0.5) is 0 Å². The number of carbonyl (C=O) groups is 1. The smallest absolute Gasteiger partial charge is 0.230 e. The summed E-state index contributed by atoms with van der Waals surface area (Å²) in [5.74, 6) is 0.980. The third-order valence-electron chi connectivity index (χ3n) is 5.11. The van der Waals surface area contributed by atoms with E-state index in [0.29, 0.717) is 11.7 Å². The fraction of sp³-hybridized carbons (Fsp3) is 0.231. The van der Waals surface area contributed by atoms with Crippen molar-refractivity contribution < 1.29 is 4.79 Å². The van der Waals surface area contributed by atoms with E-state index in [4.69, 9.17) is 4.98 Å². The molecule has 6 nitrogen and oxygen atoms in total. The van der Waals surface area contributed by atoms with E-state index in [1.54, 1.807) is 0 Å². The summed E-state index contributed by atoms with van der Waals surface area (Å²) in [6, 6.07) is 18.5. The van der Waals surface area contributed by atoms with Crippen molar-refractivity contribution in [2.75, 3.05) is 5.75 Å². The van der Waals surface area contributed by atoms with Crippen LogP contribution in [0.3, 0.4) is 0 Å². The zero-order valence-electron chi connectivity index (χ0n) is 19.1. The number of para-hydroxylation sites is 1. The molecule has 1 amide bonds. The second-order valence-electron chi connectivity index (χ2n) is 8.15. The standard InChI is InChI=1S/C26H27N5OS/c1-5-14-31-25(29-30-26(31)33-16-24(32)27-17(2)3)21-15-23(19-12-10-18(4)11-13-19)28-22-9-7-6-8-20(21)22/h5-13,15,17H,1,14,16H2,2-4H3,(H,27,32). The molecule has 1 N–H and O–H groups in total. The molecule has 2 heterocycles. The SMILES string of the molecule is C=CCn1c(SCC(=O)NC(C)C)nnc1-c1cc(-c2ccc(C)cc2)nc2ccccc12. The Hall–Kier alpha value is -3.45. The lowest BCUT2D eigenvalue weighted by Crippen LogP contribution is -2.31. The van der Waals surface area contributed by atoms with Crippen LogP contribution < -0.4 is 5.32 Å². The number of aromatic nitrogens is 4. The molecule has 0 unspecified atom stereocenters. The van der Waals surface area contributed by atoms with Gasteiger partial charge in [0.25, 0.3) is 0 Å². The third-order valence-corrected chi connectivity index (χ3v) is 6.08. The quantitative estimate of drug-likeness (QED) is 0.288. The number of hydrogen-bond donors (Lipinski definition) is 1. The maximum Gasteiger partial charge on any atom is 0.230 e. The van der Waals surface area contributed by atoms with Gasteiger partial charge in [-0.2, -0.15) is 0 Å². The number of benzene rings is 2. The Bertz CT molecular complexity index is 1290. The fourth-order valence-corrected chi connectivity index (χ4v) is 4.37. The summed E-state index contributed by atoms with van der Waals surface area (Å²) in [6.07, 6.45) is 1.81. The molecule has 7 heteroatoms. The highest BCUT2D eigenvalue weighted by atomic mass is 32.2. The van der Waals surface area contributed by atoms with Crippen LogP contribution in [0, 0.1) is 6.92 Å². The van der Waals surface area contributed by atoms with Crippen molar-refractivity contribution in [1.82, 2.24) is 25.1 Å². The molecule has 0 saturated carbocycles. The van der Waals surface area contributed by atoms with Gasteiger partial charge < -0.3 is 5.32 Å². The molecule has 33 heavy (non-hydrogen) atoms. The molecule has 0 radical (unpaired) electrons. The largest absolute Gasteiger partial charge is 0.353 e. The molecule has 168 valence electrons. The molecule has 0 atom stereocenters. The summed E-state index contributed by atoms with van der Waals surface area (Å²) in [4.78, 5) is 17.1. The summed E-state index contributed by atoms with van der Waals surface area (Å²) in [5, 5.41) is 13.5. The van der Waals surface area contributed by atoms with E-state index in [2.05, 4.69) is 59.3 Å². The lowest BCUT2D eigenvalue weighted by atomic mass is 10.0. The number of aryl methyl sites for hydroxylation is 1. The van der Waals surface area contributed by atoms with Gasteiger partial charge in [0.1, 0.15) is 0 Å². The minimum absolute atomic E-state index is 0.0271. The molecular weight excluding hydrogens is 430 g/mol. The number of amides is 1. The maximum absolute atomic E-state index is 12.2. The van der Waals surface area contributed by atoms with Crippen molar-refractivity contribution in [3.8, 4) is 22.6 Å². The number of hydrogen-bond acceptors (Lipinski definition) is 5. The van der Waals surface area contributed by atoms with Crippen LogP contribution in [0.15, 0.2) is 72.4 Å². The zero-order valence-corrected chi connectivity index (χ0v) is 19.9. The predicted molar refractivity (Wildman–Crippen MR) is 135 cm³/mol.